The molecule has 0 spiro atoms. The molecule has 9 heteroatoms. The zero-order chi connectivity index (χ0) is 24.5. The molecule has 5 nitrogen and oxygen atoms in total. The van der Waals surface area contributed by atoms with E-state index in [1.165, 1.54) is 0 Å². The van der Waals surface area contributed by atoms with Crippen LogP contribution < -0.4 is 4.74 Å². The first-order valence-electron chi connectivity index (χ1n) is 10.6. The zero-order valence-corrected chi connectivity index (χ0v) is 19.1. The number of carboxylic acid groups (broad SMARTS) is 1. The summed E-state index contributed by atoms with van der Waals surface area (Å²) in [4.78, 5) is 8.36. The average molecular weight is 492 g/mol. The van der Waals surface area contributed by atoms with Gasteiger partial charge >= 0.3 is 0 Å². The van der Waals surface area contributed by atoms with Gasteiger partial charge in [-0.15, -0.1) is 0 Å². The average Bonchev–Trinajstić information content (AvgIpc) is 2.83. The minimum absolute atomic E-state index is 0.00625. The van der Waals surface area contributed by atoms with Crippen molar-refractivity contribution in [3.8, 4) is 16.9 Å². The molecule has 1 atom stereocenters. The smallest absolute Gasteiger partial charge is 0.290 e. The molecule has 0 bridgehead atoms. The van der Waals surface area contributed by atoms with Gasteiger partial charge in [0, 0.05) is 30.5 Å². The van der Waals surface area contributed by atoms with Crippen LogP contribution in [0.4, 0.5) is 13.2 Å². The van der Waals surface area contributed by atoms with Gasteiger partial charge in [0.2, 0.25) is 0 Å². The van der Waals surface area contributed by atoms with Crippen molar-refractivity contribution in [2.45, 2.75) is 26.0 Å². The molecule has 1 N–H and O–H groups in total. The number of carbonyl (C=O) groups is 1. The van der Waals surface area contributed by atoms with Crippen LogP contribution in [0.15, 0.2) is 60.7 Å². The van der Waals surface area contributed by atoms with Gasteiger partial charge in [0.05, 0.1) is 11.0 Å². The second-order valence-electron chi connectivity index (χ2n) is 7.58. The van der Waals surface area contributed by atoms with Crippen molar-refractivity contribution >= 4 is 17.5 Å². The SMILES string of the molecule is O=CO.O=S1CCCCN1Cc1cccc(COc2ccc(-c3cc(F)c(F)cc3F)cc2)c1. The summed E-state index contributed by atoms with van der Waals surface area (Å²) >= 11 is 0. The quantitative estimate of drug-likeness (QED) is 0.375. The molecule has 1 heterocycles. The van der Waals surface area contributed by atoms with Crippen LogP contribution in [0.25, 0.3) is 11.1 Å². The second-order valence-corrected chi connectivity index (χ2v) is 9.15. The lowest BCUT2D eigenvalue weighted by molar-refractivity contribution is -0.122. The molecule has 4 rings (SSSR count). The van der Waals surface area contributed by atoms with E-state index in [0.717, 1.165) is 42.3 Å². The van der Waals surface area contributed by atoms with E-state index in [9.17, 15) is 17.4 Å². The fraction of sp³-hybridized carbons (Fsp3) is 0.240. The van der Waals surface area contributed by atoms with Crippen molar-refractivity contribution in [2.24, 2.45) is 0 Å². The Morgan fingerprint density at radius 1 is 0.941 bits per heavy atom. The molecular formula is C25H24F3NO4S. The van der Waals surface area contributed by atoms with Crippen molar-refractivity contribution in [1.29, 1.82) is 0 Å². The lowest BCUT2D eigenvalue weighted by Crippen LogP contribution is -2.32. The van der Waals surface area contributed by atoms with Crippen LogP contribution in [0.2, 0.25) is 0 Å². The van der Waals surface area contributed by atoms with E-state index in [1.54, 1.807) is 24.3 Å². The first-order valence-corrected chi connectivity index (χ1v) is 11.9. The van der Waals surface area contributed by atoms with Crippen LogP contribution in [-0.4, -0.2) is 32.4 Å². The Kier molecular flexibility index (Phi) is 9.24. The minimum atomic E-state index is -1.21. The molecule has 3 aromatic carbocycles. The van der Waals surface area contributed by atoms with E-state index in [4.69, 9.17) is 14.6 Å². The van der Waals surface area contributed by atoms with E-state index in [-0.39, 0.29) is 12.0 Å². The Hall–Kier alpha value is -3.17. The highest BCUT2D eigenvalue weighted by molar-refractivity contribution is 7.82. The number of nitrogens with zero attached hydrogens (tertiary/aromatic N) is 1. The van der Waals surface area contributed by atoms with Gasteiger partial charge in [-0.3, -0.25) is 4.79 Å². The maximum atomic E-state index is 14.0. The van der Waals surface area contributed by atoms with Gasteiger partial charge in [-0.05, 0) is 47.7 Å². The van der Waals surface area contributed by atoms with Crippen LogP contribution in [-0.2, 0) is 28.9 Å². The summed E-state index contributed by atoms with van der Waals surface area (Å²) in [5.41, 5.74) is 2.49. The van der Waals surface area contributed by atoms with Crippen LogP contribution >= 0.6 is 0 Å². The Morgan fingerprint density at radius 3 is 2.32 bits per heavy atom. The molecule has 0 aliphatic carbocycles. The summed E-state index contributed by atoms with van der Waals surface area (Å²) in [6, 6.07) is 15.9. The van der Waals surface area contributed by atoms with Gasteiger partial charge in [-0.1, -0.05) is 36.4 Å². The van der Waals surface area contributed by atoms with E-state index < -0.39 is 28.4 Å². The van der Waals surface area contributed by atoms with Gasteiger partial charge in [-0.2, -0.15) is 0 Å². The van der Waals surface area contributed by atoms with Crippen molar-refractivity contribution in [3.63, 3.8) is 0 Å². The second kappa shape index (κ2) is 12.3. The highest BCUT2D eigenvalue weighted by Gasteiger charge is 2.18. The van der Waals surface area contributed by atoms with Crippen molar-refractivity contribution < 1.29 is 32.0 Å². The molecule has 0 radical (unpaired) electrons. The molecule has 34 heavy (non-hydrogen) atoms. The van der Waals surface area contributed by atoms with Crippen LogP contribution in [0.3, 0.4) is 0 Å². The van der Waals surface area contributed by atoms with Crippen molar-refractivity contribution in [1.82, 2.24) is 4.31 Å². The Balaban J connectivity index is 0.00000103. The van der Waals surface area contributed by atoms with Crippen molar-refractivity contribution in [2.75, 3.05) is 12.3 Å². The third kappa shape index (κ3) is 6.91. The monoisotopic (exact) mass is 491 g/mol. The number of benzene rings is 3. The third-order valence-corrected chi connectivity index (χ3v) is 6.72. The van der Waals surface area contributed by atoms with Gasteiger partial charge in [0.15, 0.2) is 11.6 Å². The lowest BCUT2D eigenvalue weighted by atomic mass is 10.0. The number of halogens is 3. The molecule has 1 aliphatic heterocycles. The maximum Gasteiger partial charge on any atom is 0.290 e. The van der Waals surface area contributed by atoms with Crippen LogP contribution in [0.5, 0.6) is 5.75 Å². The molecule has 0 aromatic heterocycles. The molecule has 1 unspecified atom stereocenters. The van der Waals surface area contributed by atoms with Crippen LogP contribution in [0, 0.1) is 17.5 Å². The largest absolute Gasteiger partial charge is 0.489 e. The molecule has 0 saturated carbocycles. The van der Waals surface area contributed by atoms with E-state index in [2.05, 4.69) is 0 Å². The zero-order valence-electron chi connectivity index (χ0n) is 18.3. The number of hydrogen-bond acceptors (Lipinski definition) is 3. The van der Waals surface area contributed by atoms with Gasteiger partial charge in [-0.25, -0.2) is 21.7 Å². The lowest BCUT2D eigenvalue weighted by Gasteiger charge is -2.25. The Labute approximate surface area is 198 Å². The standard InChI is InChI=1S/C24H22F3NO2S.CH2O2/c25-22-14-24(27)23(26)13-21(22)19-6-8-20(9-7-19)30-16-18-5-3-4-17(12-18)15-28-10-1-2-11-31(28)29;2-1-3/h3-9,12-14H,1-2,10-11,15-16H2;1H,(H,2,3). The molecule has 0 amide bonds. The first-order chi connectivity index (χ1) is 16.4. The number of ether oxygens (including phenoxy) is 1. The van der Waals surface area contributed by atoms with E-state index in [0.29, 0.717) is 30.5 Å². The van der Waals surface area contributed by atoms with E-state index >= 15 is 0 Å². The summed E-state index contributed by atoms with van der Waals surface area (Å²) < 4.78 is 60.5. The molecule has 1 saturated heterocycles. The molecule has 1 aliphatic rings. The fourth-order valence-electron chi connectivity index (χ4n) is 3.56. The highest BCUT2D eigenvalue weighted by Crippen LogP contribution is 2.27. The Bertz CT molecular complexity index is 1140. The topological polar surface area (TPSA) is 66.8 Å². The minimum Gasteiger partial charge on any atom is -0.489 e. The Morgan fingerprint density at radius 2 is 1.62 bits per heavy atom. The maximum absolute atomic E-state index is 14.0. The summed E-state index contributed by atoms with van der Waals surface area (Å²) in [6.45, 7) is 1.59. The molecule has 180 valence electrons. The predicted molar refractivity (Wildman–Crippen MR) is 124 cm³/mol. The number of rotatable bonds is 6. The van der Waals surface area contributed by atoms with Crippen molar-refractivity contribution in [3.05, 3.63) is 89.2 Å². The summed E-state index contributed by atoms with van der Waals surface area (Å²) in [7, 11) is -0.910. The highest BCUT2D eigenvalue weighted by atomic mass is 32.2. The first kappa shape index (κ1) is 25.5. The van der Waals surface area contributed by atoms with Crippen LogP contribution in [0.1, 0.15) is 24.0 Å². The van der Waals surface area contributed by atoms with E-state index in [1.807, 2.05) is 28.6 Å². The fourth-order valence-corrected chi connectivity index (χ4v) is 4.89. The predicted octanol–water partition coefficient (Wildman–Crippen LogP) is 5.31. The van der Waals surface area contributed by atoms with Gasteiger partial charge < -0.3 is 9.84 Å². The summed E-state index contributed by atoms with van der Waals surface area (Å²) in [6.07, 6.45) is 2.08. The van der Waals surface area contributed by atoms with Gasteiger partial charge in [0.1, 0.15) is 18.2 Å². The molecule has 3 aromatic rings. The summed E-state index contributed by atoms with van der Waals surface area (Å²) in [5, 5.41) is 6.89. The molecule has 1 fully saturated rings. The normalized spacial score (nSPS) is 15.8. The molecular weight excluding hydrogens is 467 g/mol. The van der Waals surface area contributed by atoms with Gasteiger partial charge in [0.25, 0.3) is 6.47 Å². The summed E-state index contributed by atoms with van der Waals surface area (Å²) in [5.74, 6) is -1.82. The third-order valence-electron chi connectivity index (χ3n) is 5.20. The number of hydrogen-bond donors (Lipinski definition) is 1.